The zero-order valence-corrected chi connectivity index (χ0v) is 19.4. The SMILES string of the molecule is O=c1cc(-c2cn(S)c3ncc(N4CCOCC4)cc23)ccn1Cc1ccc2c(c1)OCCO2. The number of aromatic nitrogens is 3. The van der Waals surface area contributed by atoms with E-state index in [-0.39, 0.29) is 5.56 Å². The van der Waals surface area contributed by atoms with Crippen molar-refractivity contribution in [3.8, 4) is 22.6 Å². The molecule has 1 aromatic carbocycles. The summed E-state index contributed by atoms with van der Waals surface area (Å²) in [5.41, 5.74) is 4.47. The fourth-order valence-electron chi connectivity index (χ4n) is 4.49. The Morgan fingerprint density at radius 2 is 1.79 bits per heavy atom. The lowest BCUT2D eigenvalue weighted by molar-refractivity contribution is 0.122. The van der Waals surface area contributed by atoms with Gasteiger partial charge in [0.1, 0.15) is 13.2 Å². The van der Waals surface area contributed by atoms with E-state index in [2.05, 4.69) is 28.8 Å². The van der Waals surface area contributed by atoms with Crippen LogP contribution in [0.15, 0.2) is 59.8 Å². The second kappa shape index (κ2) is 8.73. The number of benzene rings is 1. The molecule has 0 bridgehead atoms. The second-order valence-electron chi connectivity index (χ2n) is 8.41. The Kier molecular flexibility index (Phi) is 5.43. The number of hydrogen-bond acceptors (Lipinski definition) is 7. The second-order valence-corrected chi connectivity index (χ2v) is 8.84. The Bertz CT molecular complexity index is 1420. The molecule has 0 unspecified atom stereocenters. The lowest BCUT2D eigenvalue weighted by Crippen LogP contribution is -2.36. The van der Waals surface area contributed by atoms with Crippen molar-refractivity contribution in [2.75, 3.05) is 44.4 Å². The van der Waals surface area contributed by atoms with Gasteiger partial charge in [-0.2, -0.15) is 0 Å². The Labute approximate surface area is 201 Å². The van der Waals surface area contributed by atoms with Gasteiger partial charge >= 0.3 is 0 Å². The molecular formula is C25H24N4O4S. The number of thiol groups is 1. The number of morpholine rings is 1. The summed E-state index contributed by atoms with van der Waals surface area (Å²) in [6, 6.07) is 11.5. The van der Waals surface area contributed by atoms with Crippen LogP contribution in [0.3, 0.4) is 0 Å². The molecule has 2 aliphatic heterocycles. The summed E-state index contributed by atoms with van der Waals surface area (Å²) in [4.78, 5) is 19.9. The predicted octanol–water partition coefficient (Wildman–Crippen LogP) is 3.21. The van der Waals surface area contributed by atoms with Gasteiger partial charge in [0.2, 0.25) is 0 Å². The fraction of sp³-hybridized carbons (Fsp3) is 0.280. The zero-order valence-electron chi connectivity index (χ0n) is 18.5. The highest BCUT2D eigenvalue weighted by molar-refractivity contribution is 7.78. The average Bonchev–Trinajstić information content (AvgIpc) is 3.21. The molecule has 4 aromatic rings. The molecule has 8 nitrogen and oxygen atoms in total. The van der Waals surface area contributed by atoms with Gasteiger partial charge in [-0.05, 0) is 35.4 Å². The molecule has 0 spiro atoms. The van der Waals surface area contributed by atoms with Crippen molar-refractivity contribution >= 4 is 29.5 Å². The van der Waals surface area contributed by atoms with Crippen LogP contribution in [-0.4, -0.2) is 53.0 Å². The maximum Gasteiger partial charge on any atom is 0.251 e. The molecule has 5 heterocycles. The molecule has 0 saturated carbocycles. The normalized spacial score (nSPS) is 15.6. The predicted molar refractivity (Wildman–Crippen MR) is 133 cm³/mol. The van der Waals surface area contributed by atoms with E-state index in [4.69, 9.17) is 14.2 Å². The van der Waals surface area contributed by atoms with Crippen LogP contribution in [-0.2, 0) is 11.3 Å². The molecule has 174 valence electrons. The topological polar surface area (TPSA) is 70.8 Å². The number of nitrogens with zero attached hydrogens (tertiary/aromatic N) is 4. The monoisotopic (exact) mass is 476 g/mol. The van der Waals surface area contributed by atoms with Gasteiger partial charge in [0.05, 0.1) is 31.6 Å². The molecule has 0 N–H and O–H groups in total. The average molecular weight is 477 g/mol. The summed E-state index contributed by atoms with van der Waals surface area (Å²) in [5.74, 6) is 1.46. The van der Waals surface area contributed by atoms with Crippen LogP contribution >= 0.6 is 12.8 Å². The summed E-state index contributed by atoms with van der Waals surface area (Å²) >= 11 is 4.55. The van der Waals surface area contributed by atoms with Crippen molar-refractivity contribution < 1.29 is 14.2 Å². The minimum absolute atomic E-state index is 0.0789. The smallest absolute Gasteiger partial charge is 0.251 e. The molecule has 0 aliphatic carbocycles. The van der Waals surface area contributed by atoms with Crippen LogP contribution in [0.2, 0.25) is 0 Å². The molecule has 0 amide bonds. The molecule has 1 fully saturated rings. The van der Waals surface area contributed by atoms with E-state index < -0.39 is 0 Å². The molecule has 2 aliphatic rings. The van der Waals surface area contributed by atoms with Crippen LogP contribution in [0.25, 0.3) is 22.2 Å². The number of anilines is 1. The molecular weight excluding hydrogens is 452 g/mol. The molecule has 3 aromatic heterocycles. The van der Waals surface area contributed by atoms with Gasteiger partial charge in [-0.15, -0.1) is 0 Å². The van der Waals surface area contributed by atoms with Gasteiger partial charge < -0.3 is 23.7 Å². The van der Waals surface area contributed by atoms with Crippen molar-refractivity contribution in [3.63, 3.8) is 0 Å². The summed E-state index contributed by atoms with van der Waals surface area (Å²) in [7, 11) is 0. The van der Waals surface area contributed by atoms with Crippen LogP contribution < -0.4 is 19.9 Å². The first-order valence-corrected chi connectivity index (χ1v) is 11.7. The largest absolute Gasteiger partial charge is 0.486 e. The minimum atomic E-state index is -0.0789. The molecule has 6 rings (SSSR count). The quantitative estimate of drug-likeness (QED) is 0.456. The van der Waals surface area contributed by atoms with Crippen molar-refractivity contribution in [1.29, 1.82) is 0 Å². The lowest BCUT2D eigenvalue weighted by Gasteiger charge is -2.28. The summed E-state index contributed by atoms with van der Waals surface area (Å²) in [6.45, 7) is 4.62. The van der Waals surface area contributed by atoms with Gasteiger partial charge in [-0.3, -0.25) is 8.77 Å². The minimum Gasteiger partial charge on any atom is -0.486 e. The maximum absolute atomic E-state index is 13.0. The van der Waals surface area contributed by atoms with Crippen LogP contribution in [0.5, 0.6) is 11.5 Å². The van der Waals surface area contributed by atoms with Crippen LogP contribution in [0.4, 0.5) is 5.69 Å². The van der Waals surface area contributed by atoms with Crippen molar-refractivity contribution in [1.82, 2.24) is 13.5 Å². The Morgan fingerprint density at radius 1 is 0.971 bits per heavy atom. The Hall–Kier alpha value is -3.43. The van der Waals surface area contributed by atoms with E-state index in [1.807, 2.05) is 42.9 Å². The van der Waals surface area contributed by atoms with Crippen LogP contribution in [0, 0.1) is 0 Å². The molecule has 0 atom stereocenters. The van der Waals surface area contributed by atoms with Gasteiger partial charge in [-0.25, -0.2) is 4.98 Å². The lowest BCUT2D eigenvalue weighted by atomic mass is 10.1. The standard InChI is InChI=1S/C25H24N4O4S/c30-24-12-18(3-4-28(24)15-17-1-2-22-23(11-17)33-10-9-32-22)21-16-29(34)25-20(21)13-19(14-26-25)27-5-7-31-8-6-27/h1-4,11-14,16,34H,5-10,15H2. The fourth-order valence-corrected chi connectivity index (χ4v) is 4.77. The number of rotatable bonds is 4. The van der Waals surface area contributed by atoms with E-state index in [0.717, 1.165) is 58.0 Å². The summed E-state index contributed by atoms with van der Waals surface area (Å²) < 4.78 is 20.1. The number of fused-ring (bicyclic) bond motifs is 2. The molecule has 9 heteroatoms. The van der Waals surface area contributed by atoms with Crippen molar-refractivity contribution in [2.45, 2.75) is 6.54 Å². The number of ether oxygens (including phenoxy) is 3. The van der Waals surface area contributed by atoms with Gasteiger partial charge in [0.15, 0.2) is 17.1 Å². The first kappa shape index (κ1) is 21.1. The number of pyridine rings is 2. The third kappa shape index (κ3) is 3.91. The van der Waals surface area contributed by atoms with Crippen LogP contribution in [0.1, 0.15) is 5.56 Å². The molecule has 34 heavy (non-hydrogen) atoms. The maximum atomic E-state index is 13.0. The van der Waals surface area contributed by atoms with E-state index in [0.29, 0.717) is 33.0 Å². The first-order chi connectivity index (χ1) is 16.7. The van der Waals surface area contributed by atoms with Crippen molar-refractivity contribution in [3.05, 3.63) is 70.9 Å². The van der Waals surface area contributed by atoms with Gasteiger partial charge in [0, 0.05) is 42.5 Å². The highest BCUT2D eigenvalue weighted by Crippen LogP contribution is 2.33. The molecule has 0 radical (unpaired) electrons. The molecule has 1 saturated heterocycles. The summed E-state index contributed by atoms with van der Waals surface area (Å²) in [6.07, 6.45) is 5.61. The zero-order chi connectivity index (χ0) is 23.1. The van der Waals surface area contributed by atoms with E-state index >= 15 is 0 Å². The van der Waals surface area contributed by atoms with Crippen molar-refractivity contribution in [2.24, 2.45) is 0 Å². The Balaban J connectivity index is 1.32. The van der Waals surface area contributed by atoms with Gasteiger partial charge in [0.25, 0.3) is 5.56 Å². The highest BCUT2D eigenvalue weighted by Gasteiger charge is 2.17. The van der Waals surface area contributed by atoms with Gasteiger partial charge in [-0.1, -0.05) is 18.9 Å². The van der Waals surface area contributed by atoms with E-state index in [1.165, 1.54) is 0 Å². The Morgan fingerprint density at radius 3 is 2.62 bits per heavy atom. The first-order valence-electron chi connectivity index (χ1n) is 11.3. The van der Waals surface area contributed by atoms with E-state index in [1.54, 1.807) is 14.6 Å². The highest BCUT2D eigenvalue weighted by atomic mass is 32.1. The summed E-state index contributed by atoms with van der Waals surface area (Å²) in [5, 5.41) is 0.961. The number of hydrogen-bond donors (Lipinski definition) is 1. The third-order valence-electron chi connectivity index (χ3n) is 6.25. The van der Waals surface area contributed by atoms with E-state index in [9.17, 15) is 4.79 Å². The third-order valence-corrected chi connectivity index (χ3v) is 6.56.